The first-order valence-corrected chi connectivity index (χ1v) is 11.8. The Morgan fingerprint density at radius 3 is 2.45 bits per heavy atom. The van der Waals surface area contributed by atoms with E-state index < -0.39 is 6.03 Å². The standard InChI is InChI=1S/C24H30Cl2N4O3/c1-16-9-12-30(13-10-16)21-8-7-17(15-18(21)23(31)27-11-4-14-33-2)28-24(32)29-22-19(25)5-3-6-20(22)26/h3,5-8,15-16H,4,9-14H2,1-2H3,(H,27,31)(H2,28,29,32). The molecule has 0 atom stereocenters. The van der Waals surface area contributed by atoms with Crippen LogP contribution in [-0.2, 0) is 4.74 Å². The quantitative estimate of drug-likeness (QED) is 0.416. The summed E-state index contributed by atoms with van der Waals surface area (Å²) in [5.41, 5.74) is 2.21. The largest absolute Gasteiger partial charge is 0.385 e. The SMILES string of the molecule is COCCCNC(=O)c1cc(NC(=O)Nc2c(Cl)cccc2Cl)ccc1N1CCC(C)CC1. The fourth-order valence-electron chi connectivity index (χ4n) is 3.73. The van der Waals surface area contributed by atoms with Gasteiger partial charge in [-0.2, -0.15) is 0 Å². The predicted molar refractivity (Wildman–Crippen MR) is 135 cm³/mol. The van der Waals surface area contributed by atoms with Gasteiger partial charge in [-0.1, -0.05) is 36.2 Å². The van der Waals surface area contributed by atoms with Crippen molar-refractivity contribution in [3.05, 3.63) is 52.0 Å². The van der Waals surface area contributed by atoms with E-state index in [1.807, 2.05) is 6.07 Å². The molecule has 1 heterocycles. The lowest BCUT2D eigenvalue weighted by Gasteiger charge is -2.33. The van der Waals surface area contributed by atoms with Crippen molar-refractivity contribution in [1.29, 1.82) is 0 Å². The smallest absolute Gasteiger partial charge is 0.323 e. The van der Waals surface area contributed by atoms with Crippen molar-refractivity contribution < 1.29 is 14.3 Å². The van der Waals surface area contributed by atoms with Gasteiger partial charge in [-0.3, -0.25) is 4.79 Å². The number of rotatable bonds is 8. The number of methoxy groups -OCH3 is 1. The molecular formula is C24H30Cl2N4O3. The number of ether oxygens (including phenoxy) is 1. The van der Waals surface area contributed by atoms with Crippen LogP contribution < -0.4 is 20.9 Å². The second-order valence-corrected chi connectivity index (χ2v) is 8.99. The van der Waals surface area contributed by atoms with Gasteiger partial charge in [-0.25, -0.2) is 4.79 Å². The average Bonchev–Trinajstić information content (AvgIpc) is 2.80. The Labute approximate surface area is 204 Å². The maximum absolute atomic E-state index is 13.0. The summed E-state index contributed by atoms with van der Waals surface area (Å²) in [5, 5.41) is 9.06. The minimum atomic E-state index is -0.504. The van der Waals surface area contributed by atoms with Crippen molar-refractivity contribution in [3.8, 4) is 0 Å². The van der Waals surface area contributed by atoms with Crippen molar-refractivity contribution in [2.45, 2.75) is 26.2 Å². The summed E-state index contributed by atoms with van der Waals surface area (Å²) in [6, 6.07) is 9.86. The Morgan fingerprint density at radius 1 is 1.09 bits per heavy atom. The molecule has 0 bridgehead atoms. The number of piperidine rings is 1. The summed E-state index contributed by atoms with van der Waals surface area (Å²) in [5.74, 6) is 0.492. The van der Waals surface area contributed by atoms with Crippen LogP contribution in [-0.4, -0.2) is 45.3 Å². The van der Waals surface area contributed by atoms with Gasteiger partial charge in [0.15, 0.2) is 0 Å². The van der Waals surface area contributed by atoms with E-state index in [0.717, 1.165) is 38.0 Å². The molecule has 0 aromatic heterocycles. The number of nitrogens with one attached hydrogen (secondary N) is 3. The molecule has 3 amide bonds. The van der Waals surface area contributed by atoms with Crippen molar-refractivity contribution in [2.24, 2.45) is 5.92 Å². The summed E-state index contributed by atoms with van der Waals surface area (Å²) < 4.78 is 5.05. The van der Waals surface area contributed by atoms with Crippen molar-refractivity contribution in [1.82, 2.24) is 5.32 Å². The zero-order valence-electron chi connectivity index (χ0n) is 18.9. The van der Waals surface area contributed by atoms with E-state index >= 15 is 0 Å². The second kappa shape index (κ2) is 12.1. The maximum Gasteiger partial charge on any atom is 0.323 e. The molecule has 0 radical (unpaired) electrons. The Hall–Kier alpha value is -2.48. The van der Waals surface area contributed by atoms with Crippen LogP contribution in [0.25, 0.3) is 0 Å². The highest BCUT2D eigenvalue weighted by Gasteiger charge is 2.22. The first-order valence-electron chi connectivity index (χ1n) is 11.1. The number of nitrogens with zero attached hydrogens (tertiary/aromatic N) is 1. The molecule has 33 heavy (non-hydrogen) atoms. The third-order valence-electron chi connectivity index (χ3n) is 5.64. The van der Waals surface area contributed by atoms with Gasteiger partial charge in [0.05, 0.1) is 21.3 Å². The molecule has 1 aliphatic heterocycles. The van der Waals surface area contributed by atoms with Crippen molar-refractivity contribution in [3.63, 3.8) is 0 Å². The Balaban J connectivity index is 1.77. The molecule has 9 heteroatoms. The monoisotopic (exact) mass is 492 g/mol. The van der Waals surface area contributed by atoms with Crippen LogP contribution in [0.1, 0.15) is 36.5 Å². The molecule has 0 saturated carbocycles. The van der Waals surface area contributed by atoms with Crippen LogP contribution >= 0.6 is 23.2 Å². The summed E-state index contributed by atoms with van der Waals surface area (Å²) in [7, 11) is 1.63. The number of para-hydroxylation sites is 1. The fraction of sp³-hybridized carbons (Fsp3) is 0.417. The summed E-state index contributed by atoms with van der Waals surface area (Å²) >= 11 is 12.3. The number of hydrogen-bond donors (Lipinski definition) is 3. The van der Waals surface area contributed by atoms with Crippen molar-refractivity contribution in [2.75, 3.05) is 48.9 Å². The van der Waals surface area contributed by atoms with Crippen LogP contribution in [0.5, 0.6) is 0 Å². The van der Waals surface area contributed by atoms with Gasteiger partial charge in [0, 0.05) is 44.7 Å². The number of urea groups is 1. The normalized spacial score (nSPS) is 14.1. The molecule has 1 fully saturated rings. The second-order valence-electron chi connectivity index (χ2n) is 8.18. The van der Waals surface area contributed by atoms with Crippen LogP contribution in [0.2, 0.25) is 10.0 Å². The average molecular weight is 493 g/mol. The van der Waals surface area contributed by atoms with Gasteiger partial charge >= 0.3 is 6.03 Å². The highest BCUT2D eigenvalue weighted by Crippen LogP contribution is 2.31. The number of carbonyl (C=O) groups is 2. The highest BCUT2D eigenvalue weighted by molar-refractivity contribution is 6.39. The van der Waals surface area contributed by atoms with Crippen LogP contribution in [0.15, 0.2) is 36.4 Å². The summed E-state index contributed by atoms with van der Waals surface area (Å²) in [6.45, 7) is 5.11. The molecule has 2 aromatic rings. The topological polar surface area (TPSA) is 82.7 Å². The van der Waals surface area contributed by atoms with Gasteiger partial charge < -0.3 is 25.6 Å². The third-order valence-corrected chi connectivity index (χ3v) is 6.27. The van der Waals surface area contributed by atoms with Crippen LogP contribution in [0, 0.1) is 5.92 Å². The minimum absolute atomic E-state index is 0.182. The zero-order valence-corrected chi connectivity index (χ0v) is 20.4. The number of halogens is 2. The maximum atomic E-state index is 13.0. The van der Waals surface area contributed by atoms with Gasteiger partial charge in [0.2, 0.25) is 0 Å². The first-order chi connectivity index (χ1) is 15.9. The molecule has 1 saturated heterocycles. The van der Waals surface area contributed by atoms with Crippen LogP contribution in [0.3, 0.4) is 0 Å². The number of hydrogen-bond acceptors (Lipinski definition) is 4. The van der Waals surface area contributed by atoms with Crippen molar-refractivity contribution >= 4 is 52.2 Å². The van der Waals surface area contributed by atoms with Crippen LogP contribution in [0.4, 0.5) is 21.9 Å². The zero-order chi connectivity index (χ0) is 23.8. The fourth-order valence-corrected chi connectivity index (χ4v) is 4.22. The molecule has 3 rings (SSSR count). The Kier molecular flexibility index (Phi) is 9.23. The van der Waals surface area contributed by atoms with Gasteiger partial charge in [-0.15, -0.1) is 0 Å². The molecule has 7 nitrogen and oxygen atoms in total. The van der Waals surface area contributed by atoms with E-state index in [1.54, 1.807) is 37.4 Å². The highest BCUT2D eigenvalue weighted by atomic mass is 35.5. The molecule has 0 aliphatic carbocycles. The molecule has 2 aromatic carbocycles. The molecule has 178 valence electrons. The minimum Gasteiger partial charge on any atom is -0.385 e. The molecule has 0 spiro atoms. The van der Waals surface area contributed by atoms with Gasteiger partial charge in [0.25, 0.3) is 5.91 Å². The summed E-state index contributed by atoms with van der Waals surface area (Å²) in [6.07, 6.45) is 2.88. The first kappa shape index (κ1) is 25.1. The van der Waals surface area contributed by atoms with E-state index in [0.29, 0.717) is 46.1 Å². The molecule has 1 aliphatic rings. The lowest BCUT2D eigenvalue weighted by atomic mass is 9.98. The molecule has 0 unspecified atom stereocenters. The number of amides is 3. The Bertz CT molecular complexity index is 958. The number of carbonyl (C=O) groups excluding carboxylic acids is 2. The predicted octanol–water partition coefficient (Wildman–Crippen LogP) is 5.64. The Morgan fingerprint density at radius 2 is 1.79 bits per heavy atom. The van der Waals surface area contributed by atoms with E-state index in [9.17, 15) is 9.59 Å². The number of anilines is 3. The van der Waals surface area contributed by atoms with E-state index in [1.165, 1.54) is 0 Å². The molecule has 3 N–H and O–H groups in total. The summed E-state index contributed by atoms with van der Waals surface area (Å²) in [4.78, 5) is 27.8. The lowest BCUT2D eigenvalue weighted by Crippen LogP contribution is -2.35. The van der Waals surface area contributed by atoms with Gasteiger partial charge in [-0.05, 0) is 55.5 Å². The molecular weight excluding hydrogens is 463 g/mol. The number of benzene rings is 2. The van der Waals surface area contributed by atoms with E-state index in [2.05, 4.69) is 27.8 Å². The van der Waals surface area contributed by atoms with E-state index in [4.69, 9.17) is 27.9 Å². The van der Waals surface area contributed by atoms with E-state index in [-0.39, 0.29) is 5.91 Å². The van der Waals surface area contributed by atoms with Gasteiger partial charge in [0.1, 0.15) is 0 Å². The lowest BCUT2D eigenvalue weighted by molar-refractivity contribution is 0.0949. The third kappa shape index (κ3) is 7.00.